The summed E-state index contributed by atoms with van der Waals surface area (Å²) in [7, 11) is 0. The maximum atomic E-state index is 3.76. The van der Waals surface area contributed by atoms with Crippen molar-refractivity contribution in [3.63, 3.8) is 0 Å². The summed E-state index contributed by atoms with van der Waals surface area (Å²) in [4.78, 5) is 0. The molecule has 2 atom stereocenters. The van der Waals surface area contributed by atoms with Crippen LogP contribution >= 0.6 is 15.9 Å². The Hall–Kier alpha value is 0.220. The molecule has 0 aromatic heterocycles. The highest BCUT2D eigenvalue weighted by Gasteiger charge is 2.12. The van der Waals surface area contributed by atoms with E-state index in [1.807, 2.05) is 6.08 Å². The van der Waals surface area contributed by atoms with Crippen LogP contribution in [-0.2, 0) is 0 Å². The third-order valence-electron chi connectivity index (χ3n) is 2.20. The van der Waals surface area contributed by atoms with Crippen molar-refractivity contribution in [3.05, 3.63) is 12.7 Å². The summed E-state index contributed by atoms with van der Waals surface area (Å²) >= 11 is 3.55. The Kier molecular flexibility index (Phi) is 7.04. The van der Waals surface area contributed by atoms with Crippen molar-refractivity contribution in [2.75, 3.05) is 5.33 Å². The smallest absolute Gasteiger partial charge is 0.00623 e. The van der Waals surface area contributed by atoms with Gasteiger partial charge in [0.25, 0.3) is 0 Å². The molecule has 0 rings (SSSR count). The molecule has 0 bridgehead atoms. The predicted molar refractivity (Wildman–Crippen MR) is 56.2 cm³/mol. The van der Waals surface area contributed by atoms with Gasteiger partial charge in [-0.25, -0.2) is 0 Å². The monoisotopic (exact) mass is 218 g/mol. The molecule has 0 nitrogen and oxygen atoms in total. The number of hydrogen-bond acceptors (Lipinski definition) is 0. The minimum absolute atomic E-state index is 0.784. The van der Waals surface area contributed by atoms with Crippen molar-refractivity contribution >= 4 is 15.9 Å². The second-order valence-corrected chi connectivity index (χ2v) is 3.85. The van der Waals surface area contributed by atoms with Crippen LogP contribution in [-0.4, -0.2) is 5.33 Å². The summed E-state index contributed by atoms with van der Waals surface area (Å²) in [6.07, 6.45) is 5.80. The van der Waals surface area contributed by atoms with E-state index < -0.39 is 0 Å². The van der Waals surface area contributed by atoms with E-state index in [0.29, 0.717) is 0 Å². The topological polar surface area (TPSA) is 0 Å². The standard InChI is InChI=1S/C10H19Br/c1-4-6-9(3)10(8-11)7-5-2/h4,9-10H,1,5-8H2,2-3H3. The Balaban J connectivity index is 3.70. The summed E-state index contributed by atoms with van der Waals surface area (Å²) in [5, 5.41) is 1.13. The van der Waals surface area contributed by atoms with Crippen molar-refractivity contribution in [2.24, 2.45) is 11.8 Å². The second-order valence-electron chi connectivity index (χ2n) is 3.20. The molecule has 0 spiro atoms. The molecule has 0 amide bonds. The van der Waals surface area contributed by atoms with Crippen molar-refractivity contribution in [2.45, 2.75) is 33.1 Å². The third-order valence-corrected chi connectivity index (χ3v) is 3.03. The van der Waals surface area contributed by atoms with Gasteiger partial charge in [-0.3, -0.25) is 0 Å². The molecule has 0 saturated heterocycles. The lowest BCUT2D eigenvalue weighted by atomic mass is 9.89. The van der Waals surface area contributed by atoms with E-state index in [4.69, 9.17) is 0 Å². The van der Waals surface area contributed by atoms with Gasteiger partial charge in [0.05, 0.1) is 0 Å². The first-order valence-electron chi connectivity index (χ1n) is 4.43. The van der Waals surface area contributed by atoms with Gasteiger partial charge in [0, 0.05) is 5.33 Å². The van der Waals surface area contributed by atoms with Crippen molar-refractivity contribution < 1.29 is 0 Å². The van der Waals surface area contributed by atoms with Crippen molar-refractivity contribution in [1.82, 2.24) is 0 Å². The van der Waals surface area contributed by atoms with E-state index >= 15 is 0 Å². The average Bonchev–Trinajstić information content (AvgIpc) is 2.00. The number of halogens is 1. The minimum atomic E-state index is 0.784. The Bertz CT molecular complexity index is 99.0. The summed E-state index contributed by atoms with van der Waals surface area (Å²) in [5.41, 5.74) is 0. The first kappa shape index (κ1) is 11.2. The largest absolute Gasteiger partial charge is 0.103 e. The lowest BCUT2D eigenvalue weighted by Crippen LogP contribution is -2.12. The quantitative estimate of drug-likeness (QED) is 0.467. The van der Waals surface area contributed by atoms with Crippen LogP contribution in [0.25, 0.3) is 0 Å². The second kappa shape index (κ2) is 6.90. The molecular weight excluding hydrogens is 200 g/mol. The van der Waals surface area contributed by atoms with Crippen LogP contribution in [0.3, 0.4) is 0 Å². The molecule has 0 heterocycles. The molecule has 1 heteroatoms. The molecule has 0 saturated carbocycles. The highest BCUT2D eigenvalue weighted by Crippen LogP contribution is 2.22. The van der Waals surface area contributed by atoms with Crippen molar-refractivity contribution in [3.8, 4) is 0 Å². The number of rotatable bonds is 6. The molecule has 0 aromatic carbocycles. The number of hydrogen-bond donors (Lipinski definition) is 0. The van der Waals surface area contributed by atoms with Crippen LogP contribution in [0, 0.1) is 11.8 Å². The van der Waals surface area contributed by atoms with Gasteiger partial charge in [0.1, 0.15) is 0 Å². The zero-order valence-electron chi connectivity index (χ0n) is 7.65. The Morgan fingerprint density at radius 3 is 2.55 bits per heavy atom. The third kappa shape index (κ3) is 4.62. The van der Waals surface area contributed by atoms with Gasteiger partial charge in [-0.1, -0.05) is 42.3 Å². The summed E-state index contributed by atoms with van der Waals surface area (Å²) in [6.45, 7) is 8.32. The fraction of sp³-hybridized carbons (Fsp3) is 0.800. The van der Waals surface area contributed by atoms with E-state index in [-0.39, 0.29) is 0 Å². The van der Waals surface area contributed by atoms with Crippen molar-refractivity contribution in [1.29, 1.82) is 0 Å². The van der Waals surface area contributed by atoms with Crippen LogP contribution in [0.4, 0.5) is 0 Å². The minimum Gasteiger partial charge on any atom is -0.103 e. The first-order chi connectivity index (χ1) is 5.26. The fourth-order valence-electron chi connectivity index (χ4n) is 1.34. The molecule has 0 aliphatic rings. The highest BCUT2D eigenvalue weighted by atomic mass is 79.9. The molecule has 2 unspecified atom stereocenters. The molecule has 0 aliphatic heterocycles. The number of alkyl halides is 1. The van der Waals surface area contributed by atoms with Gasteiger partial charge in [0.2, 0.25) is 0 Å². The maximum absolute atomic E-state index is 3.76. The van der Waals surface area contributed by atoms with E-state index in [1.165, 1.54) is 12.8 Å². The molecule has 0 aromatic rings. The molecule has 11 heavy (non-hydrogen) atoms. The molecule has 0 radical (unpaired) electrons. The van der Waals surface area contributed by atoms with Gasteiger partial charge < -0.3 is 0 Å². The zero-order valence-corrected chi connectivity index (χ0v) is 9.23. The van der Waals surface area contributed by atoms with Gasteiger partial charge >= 0.3 is 0 Å². The first-order valence-corrected chi connectivity index (χ1v) is 5.55. The van der Waals surface area contributed by atoms with Crippen LogP contribution in [0.2, 0.25) is 0 Å². The molecule has 0 N–H and O–H groups in total. The predicted octanol–water partition coefficient (Wildman–Crippen LogP) is 4.01. The molecule has 0 aliphatic carbocycles. The normalized spacial score (nSPS) is 15.9. The summed E-state index contributed by atoms with van der Waals surface area (Å²) in [5.74, 6) is 1.62. The van der Waals surface area contributed by atoms with Gasteiger partial charge in [0.15, 0.2) is 0 Å². The number of allylic oxidation sites excluding steroid dienone is 1. The Morgan fingerprint density at radius 2 is 2.18 bits per heavy atom. The van der Waals surface area contributed by atoms with Crippen LogP contribution in [0.15, 0.2) is 12.7 Å². The van der Waals surface area contributed by atoms with E-state index in [9.17, 15) is 0 Å². The summed E-state index contributed by atoms with van der Waals surface area (Å²) < 4.78 is 0. The van der Waals surface area contributed by atoms with E-state index in [0.717, 1.165) is 23.6 Å². The lowest BCUT2D eigenvalue weighted by molar-refractivity contribution is 0.373. The van der Waals surface area contributed by atoms with Crippen LogP contribution in [0.1, 0.15) is 33.1 Å². The van der Waals surface area contributed by atoms with Gasteiger partial charge in [-0.05, 0) is 24.7 Å². The van der Waals surface area contributed by atoms with Crippen LogP contribution in [0.5, 0.6) is 0 Å². The lowest BCUT2D eigenvalue weighted by Gasteiger charge is -2.19. The Labute approximate surface area is 79.2 Å². The van der Waals surface area contributed by atoms with Gasteiger partial charge in [-0.2, -0.15) is 0 Å². The molecular formula is C10H19Br. The summed E-state index contributed by atoms with van der Waals surface area (Å²) in [6, 6.07) is 0. The van der Waals surface area contributed by atoms with E-state index in [2.05, 4.69) is 36.4 Å². The fourth-order valence-corrected chi connectivity index (χ4v) is 2.30. The SMILES string of the molecule is C=CCC(C)C(CBr)CCC. The Morgan fingerprint density at radius 1 is 1.55 bits per heavy atom. The van der Waals surface area contributed by atoms with E-state index in [1.54, 1.807) is 0 Å². The average molecular weight is 219 g/mol. The van der Waals surface area contributed by atoms with Gasteiger partial charge in [-0.15, -0.1) is 6.58 Å². The molecule has 66 valence electrons. The zero-order chi connectivity index (χ0) is 8.69. The maximum Gasteiger partial charge on any atom is 0.00623 e. The molecule has 0 fully saturated rings. The van der Waals surface area contributed by atoms with Crippen LogP contribution < -0.4 is 0 Å². The highest BCUT2D eigenvalue weighted by molar-refractivity contribution is 9.09.